The molecule has 0 spiro atoms. The van der Waals surface area contributed by atoms with Crippen LogP contribution in [0.3, 0.4) is 0 Å². The lowest BCUT2D eigenvalue weighted by Crippen LogP contribution is -2.45. The van der Waals surface area contributed by atoms with Crippen LogP contribution >= 0.6 is 0 Å². The molecule has 0 radical (unpaired) electrons. The minimum Gasteiger partial charge on any atom is -0.385 e. The van der Waals surface area contributed by atoms with Crippen molar-refractivity contribution in [2.45, 2.75) is 31.3 Å². The van der Waals surface area contributed by atoms with Crippen LogP contribution in [0, 0.1) is 11.7 Å². The van der Waals surface area contributed by atoms with E-state index in [0.29, 0.717) is 24.9 Å². The number of carbonyl (C=O) groups is 1. The van der Waals surface area contributed by atoms with Gasteiger partial charge in [0.05, 0.1) is 11.2 Å². The largest absolute Gasteiger partial charge is 0.385 e. The van der Waals surface area contributed by atoms with Crippen molar-refractivity contribution in [2.24, 2.45) is 5.92 Å². The zero-order valence-corrected chi connectivity index (χ0v) is 14.8. The third-order valence-corrected chi connectivity index (χ3v) is 5.95. The van der Waals surface area contributed by atoms with Crippen LogP contribution in [0.4, 0.5) is 4.39 Å². The van der Waals surface area contributed by atoms with Crippen LogP contribution in [-0.2, 0) is 12.0 Å². The maximum absolute atomic E-state index is 14.1. The number of carbonyl (C=O) groups excluding carboxylic acids is 1. The van der Waals surface area contributed by atoms with Crippen LogP contribution in [-0.4, -0.2) is 35.4 Å². The standard InChI is InChI=1S/C22H24FNO2/c23-19-8-4-5-16-9-10-17(21(25)20(16)19)15-24-13-11-22(26,12-14-24)18-6-2-1-3-7-18/h1-8,17,26H,9-15H2. The minimum absolute atomic E-state index is 0.0618. The predicted molar refractivity (Wildman–Crippen MR) is 98.6 cm³/mol. The Morgan fingerprint density at radius 1 is 1.08 bits per heavy atom. The molecule has 2 aromatic carbocycles. The van der Waals surface area contributed by atoms with Crippen molar-refractivity contribution >= 4 is 5.78 Å². The number of Topliss-reactive ketones (excluding diaryl/α,β-unsaturated/α-hetero) is 1. The fourth-order valence-electron chi connectivity index (χ4n) is 4.35. The van der Waals surface area contributed by atoms with Crippen molar-refractivity contribution in [1.29, 1.82) is 0 Å². The van der Waals surface area contributed by atoms with Crippen LogP contribution in [0.1, 0.15) is 40.7 Å². The van der Waals surface area contributed by atoms with Gasteiger partial charge in [0.1, 0.15) is 5.82 Å². The molecule has 1 aliphatic heterocycles. The zero-order valence-electron chi connectivity index (χ0n) is 14.8. The van der Waals surface area contributed by atoms with E-state index in [1.54, 1.807) is 6.07 Å². The summed E-state index contributed by atoms with van der Waals surface area (Å²) in [4.78, 5) is 15.0. The van der Waals surface area contributed by atoms with Gasteiger partial charge in [-0.2, -0.15) is 0 Å². The van der Waals surface area contributed by atoms with Gasteiger partial charge in [-0.3, -0.25) is 4.79 Å². The normalized spacial score (nSPS) is 22.8. The first-order chi connectivity index (χ1) is 12.6. The van der Waals surface area contributed by atoms with Crippen molar-refractivity contribution in [1.82, 2.24) is 4.90 Å². The predicted octanol–water partition coefficient (Wildman–Crippen LogP) is 3.55. The molecule has 1 N–H and O–H groups in total. The molecule has 0 aromatic heterocycles. The van der Waals surface area contributed by atoms with Gasteiger partial charge in [-0.1, -0.05) is 42.5 Å². The second kappa shape index (κ2) is 6.93. The fourth-order valence-corrected chi connectivity index (χ4v) is 4.35. The first-order valence-electron chi connectivity index (χ1n) is 9.39. The van der Waals surface area contributed by atoms with E-state index < -0.39 is 11.4 Å². The summed E-state index contributed by atoms with van der Waals surface area (Å²) in [7, 11) is 0. The summed E-state index contributed by atoms with van der Waals surface area (Å²) in [6.07, 6.45) is 2.84. The summed E-state index contributed by atoms with van der Waals surface area (Å²) in [6, 6.07) is 14.7. The summed E-state index contributed by atoms with van der Waals surface area (Å²) in [6.45, 7) is 2.15. The number of hydrogen-bond acceptors (Lipinski definition) is 3. The molecule has 4 rings (SSSR count). The summed E-state index contributed by atoms with van der Waals surface area (Å²) >= 11 is 0. The van der Waals surface area contributed by atoms with Crippen molar-refractivity contribution in [3.05, 3.63) is 71.0 Å². The van der Waals surface area contributed by atoms with Gasteiger partial charge in [0.15, 0.2) is 5.78 Å². The molecule has 136 valence electrons. The van der Waals surface area contributed by atoms with Gasteiger partial charge in [0.25, 0.3) is 0 Å². The number of aliphatic hydroxyl groups is 1. The maximum atomic E-state index is 14.1. The monoisotopic (exact) mass is 353 g/mol. The van der Waals surface area contributed by atoms with Crippen molar-refractivity contribution in [2.75, 3.05) is 19.6 Å². The van der Waals surface area contributed by atoms with E-state index in [1.807, 2.05) is 36.4 Å². The molecule has 3 nitrogen and oxygen atoms in total. The smallest absolute Gasteiger partial charge is 0.170 e. The molecule has 1 fully saturated rings. The molecular weight excluding hydrogens is 329 g/mol. The molecule has 4 heteroatoms. The van der Waals surface area contributed by atoms with E-state index >= 15 is 0 Å². The van der Waals surface area contributed by atoms with Crippen molar-refractivity contribution in [3.8, 4) is 0 Å². The SMILES string of the molecule is O=C1c2c(F)cccc2CCC1CN1CCC(O)(c2ccccc2)CC1. The summed E-state index contributed by atoms with van der Waals surface area (Å²) in [5.74, 6) is -0.607. The molecule has 2 aliphatic rings. The van der Waals surface area contributed by atoms with E-state index in [-0.39, 0.29) is 11.7 Å². The topological polar surface area (TPSA) is 40.5 Å². The number of aryl methyl sites for hydroxylation is 1. The number of rotatable bonds is 3. The molecule has 1 unspecified atom stereocenters. The van der Waals surface area contributed by atoms with E-state index in [9.17, 15) is 14.3 Å². The summed E-state index contributed by atoms with van der Waals surface area (Å²) in [5.41, 5.74) is 1.31. The number of nitrogens with zero attached hydrogens (tertiary/aromatic N) is 1. The van der Waals surface area contributed by atoms with Crippen LogP contribution in [0.5, 0.6) is 0 Å². The summed E-state index contributed by atoms with van der Waals surface area (Å²) < 4.78 is 14.1. The molecule has 1 atom stereocenters. The lowest BCUT2D eigenvalue weighted by Gasteiger charge is -2.40. The molecule has 0 bridgehead atoms. The molecule has 1 aliphatic carbocycles. The van der Waals surface area contributed by atoms with Crippen LogP contribution in [0.2, 0.25) is 0 Å². The number of halogens is 1. The van der Waals surface area contributed by atoms with Crippen LogP contribution < -0.4 is 0 Å². The number of fused-ring (bicyclic) bond motifs is 1. The molecule has 0 saturated carbocycles. The average Bonchev–Trinajstić information content (AvgIpc) is 2.67. The van der Waals surface area contributed by atoms with Crippen molar-refractivity contribution < 1.29 is 14.3 Å². The fraction of sp³-hybridized carbons (Fsp3) is 0.409. The van der Waals surface area contributed by atoms with E-state index in [1.165, 1.54) is 6.07 Å². The number of likely N-dealkylation sites (tertiary alicyclic amines) is 1. The Kier molecular flexibility index (Phi) is 4.63. The zero-order chi connectivity index (χ0) is 18.1. The van der Waals surface area contributed by atoms with Gasteiger partial charge in [-0.25, -0.2) is 4.39 Å². The third kappa shape index (κ3) is 3.19. The van der Waals surface area contributed by atoms with Crippen LogP contribution in [0.25, 0.3) is 0 Å². The molecule has 1 saturated heterocycles. The number of benzene rings is 2. The van der Waals surface area contributed by atoms with E-state index in [2.05, 4.69) is 4.90 Å². The van der Waals surface area contributed by atoms with Gasteiger partial charge in [-0.05, 0) is 42.9 Å². The Morgan fingerprint density at radius 3 is 2.54 bits per heavy atom. The van der Waals surface area contributed by atoms with Gasteiger partial charge in [-0.15, -0.1) is 0 Å². The lowest BCUT2D eigenvalue weighted by atomic mass is 9.81. The Balaban J connectivity index is 1.41. The molecule has 1 heterocycles. The molecule has 2 aromatic rings. The second-order valence-electron chi connectivity index (χ2n) is 7.57. The number of ketones is 1. The van der Waals surface area contributed by atoms with E-state index in [0.717, 1.165) is 37.1 Å². The maximum Gasteiger partial charge on any atom is 0.170 e. The molecule has 0 amide bonds. The highest BCUT2D eigenvalue weighted by molar-refractivity contribution is 6.00. The quantitative estimate of drug-likeness (QED) is 0.917. The van der Waals surface area contributed by atoms with Crippen molar-refractivity contribution in [3.63, 3.8) is 0 Å². The van der Waals surface area contributed by atoms with Crippen LogP contribution in [0.15, 0.2) is 48.5 Å². The van der Waals surface area contributed by atoms with Gasteiger partial charge < -0.3 is 10.0 Å². The second-order valence-corrected chi connectivity index (χ2v) is 7.57. The lowest BCUT2D eigenvalue weighted by molar-refractivity contribution is -0.0283. The Hall–Kier alpha value is -2.04. The molecule has 26 heavy (non-hydrogen) atoms. The number of piperidine rings is 1. The summed E-state index contributed by atoms with van der Waals surface area (Å²) in [5, 5.41) is 10.9. The average molecular weight is 353 g/mol. The highest BCUT2D eigenvalue weighted by atomic mass is 19.1. The van der Waals surface area contributed by atoms with Gasteiger partial charge in [0, 0.05) is 25.6 Å². The minimum atomic E-state index is -0.785. The van der Waals surface area contributed by atoms with Gasteiger partial charge in [0.2, 0.25) is 0 Å². The third-order valence-electron chi connectivity index (χ3n) is 5.95. The Labute approximate surface area is 153 Å². The van der Waals surface area contributed by atoms with E-state index in [4.69, 9.17) is 0 Å². The molecular formula is C22H24FNO2. The number of hydrogen-bond donors (Lipinski definition) is 1. The first kappa shape index (κ1) is 17.4. The van der Waals surface area contributed by atoms with Gasteiger partial charge >= 0.3 is 0 Å². The Bertz CT molecular complexity index is 797. The first-order valence-corrected chi connectivity index (χ1v) is 9.39. The highest BCUT2D eigenvalue weighted by Gasteiger charge is 2.36. The Morgan fingerprint density at radius 2 is 1.81 bits per heavy atom. The highest BCUT2D eigenvalue weighted by Crippen LogP contribution is 2.34.